The average Bonchev–Trinajstić information content (AvgIpc) is 2.90. The SMILES string of the molecule is CNC(CCc1ccsc1)c1cn(C)nc1C. The summed E-state index contributed by atoms with van der Waals surface area (Å²) in [6.07, 6.45) is 4.34. The zero-order chi connectivity index (χ0) is 12.3. The number of nitrogens with one attached hydrogen (secondary N) is 1. The summed E-state index contributed by atoms with van der Waals surface area (Å²) in [5, 5.41) is 12.2. The van der Waals surface area contributed by atoms with Crippen molar-refractivity contribution in [2.24, 2.45) is 7.05 Å². The van der Waals surface area contributed by atoms with Crippen LogP contribution in [0.3, 0.4) is 0 Å². The van der Waals surface area contributed by atoms with Gasteiger partial charge in [0.05, 0.1) is 5.69 Å². The van der Waals surface area contributed by atoms with Gasteiger partial charge in [-0.25, -0.2) is 0 Å². The predicted octanol–water partition coefficient (Wildman–Crippen LogP) is 2.68. The lowest BCUT2D eigenvalue weighted by Crippen LogP contribution is -2.17. The average molecular weight is 249 g/mol. The minimum atomic E-state index is 0.392. The van der Waals surface area contributed by atoms with Crippen LogP contribution in [0.2, 0.25) is 0 Å². The van der Waals surface area contributed by atoms with Crippen LogP contribution < -0.4 is 5.32 Å². The Morgan fingerprint density at radius 2 is 2.35 bits per heavy atom. The number of nitrogens with zero attached hydrogens (tertiary/aromatic N) is 2. The van der Waals surface area contributed by atoms with Crippen molar-refractivity contribution >= 4 is 11.3 Å². The van der Waals surface area contributed by atoms with Gasteiger partial charge in [0, 0.05) is 24.8 Å². The second-order valence-electron chi connectivity index (χ2n) is 4.36. The molecule has 0 spiro atoms. The van der Waals surface area contributed by atoms with Crippen LogP contribution in [0.15, 0.2) is 23.0 Å². The second-order valence-corrected chi connectivity index (χ2v) is 5.14. The van der Waals surface area contributed by atoms with Gasteiger partial charge in [-0.3, -0.25) is 4.68 Å². The highest BCUT2D eigenvalue weighted by Gasteiger charge is 2.14. The van der Waals surface area contributed by atoms with E-state index in [2.05, 4.69) is 40.4 Å². The molecule has 2 aromatic rings. The fourth-order valence-electron chi connectivity index (χ4n) is 2.16. The van der Waals surface area contributed by atoms with Crippen molar-refractivity contribution in [3.63, 3.8) is 0 Å². The maximum Gasteiger partial charge on any atom is 0.0641 e. The van der Waals surface area contributed by atoms with Crippen LogP contribution in [0.4, 0.5) is 0 Å². The third-order valence-electron chi connectivity index (χ3n) is 3.08. The second kappa shape index (κ2) is 5.47. The molecule has 0 aliphatic carbocycles. The van der Waals surface area contributed by atoms with E-state index < -0.39 is 0 Å². The standard InChI is InChI=1S/C13H19N3S/c1-10-12(8-16(3)15-10)13(14-2)5-4-11-6-7-17-9-11/h6-9,13-14H,4-5H2,1-3H3. The van der Waals surface area contributed by atoms with Crippen LogP contribution in [0.5, 0.6) is 0 Å². The highest BCUT2D eigenvalue weighted by Crippen LogP contribution is 2.21. The Labute approximate surface area is 106 Å². The molecule has 17 heavy (non-hydrogen) atoms. The summed E-state index contributed by atoms with van der Waals surface area (Å²) < 4.78 is 1.89. The summed E-state index contributed by atoms with van der Waals surface area (Å²) in [4.78, 5) is 0. The molecule has 0 saturated carbocycles. The molecular formula is C13H19N3S. The molecular weight excluding hydrogens is 230 g/mol. The summed E-state index contributed by atoms with van der Waals surface area (Å²) >= 11 is 1.77. The van der Waals surface area contributed by atoms with Gasteiger partial charge in [0.1, 0.15) is 0 Å². The number of thiophene rings is 1. The maximum absolute atomic E-state index is 4.40. The molecule has 92 valence electrons. The van der Waals surface area contributed by atoms with Crippen LogP contribution in [0.25, 0.3) is 0 Å². The van der Waals surface area contributed by atoms with Crippen molar-refractivity contribution < 1.29 is 0 Å². The van der Waals surface area contributed by atoms with Crippen molar-refractivity contribution in [1.29, 1.82) is 0 Å². The zero-order valence-corrected chi connectivity index (χ0v) is 11.4. The first kappa shape index (κ1) is 12.3. The normalized spacial score (nSPS) is 12.9. The molecule has 0 bridgehead atoms. The monoisotopic (exact) mass is 249 g/mol. The summed E-state index contributed by atoms with van der Waals surface area (Å²) in [5.74, 6) is 0. The molecule has 3 nitrogen and oxygen atoms in total. The minimum Gasteiger partial charge on any atom is -0.313 e. The summed E-state index contributed by atoms with van der Waals surface area (Å²) in [6.45, 7) is 2.07. The van der Waals surface area contributed by atoms with Crippen molar-refractivity contribution in [1.82, 2.24) is 15.1 Å². The number of hydrogen-bond acceptors (Lipinski definition) is 3. The van der Waals surface area contributed by atoms with Gasteiger partial charge >= 0.3 is 0 Å². The van der Waals surface area contributed by atoms with E-state index in [0.29, 0.717) is 6.04 Å². The lowest BCUT2D eigenvalue weighted by Gasteiger charge is -2.14. The van der Waals surface area contributed by atoms with Crippen molar-refractivity contribution in [2.75, 3.05) is 7.05 Å². The lowest BCUT2D eigenvalue weighted by atomic mass is 10.0. The smallest absolute Gasteiger partial charge is 0.0641 e. The molecule has 1 unspecified atom stereocenters. The minimum absolute atomic E-state index is 0.392. The number of rotatable bonds is 5. The Morgan fingerprint density at radius 3 is 2.88 bits per heavy atom. The topological polar surface area (TPSA) is 29.9 Å². The van der Waals surface area contributed by atoms with Gasteiger partial charge in [-0.15, -0.1) is 0 Å². The molecule has 0 amide bonds. The first-order valence-corrected chi connectivity index (χ1v) is 6.83. The van der Waals surface area contributed by atoms with Gasteiger partial charge in [-0.2, -0.15) is 16.4 Å². The van der Waals surface area contributed by atoms with Crippen molar-refractivity contribution in [2.45, 2.75) is 25.8 Å². The number of aromatic nitrogens is 2. The molecule has 2 heterocycles. The molecule has 4 heteroatoms. The molecule has 0 saturated heterocycles. The highest BCUT2D eigenvalue weighted by molar-refractivity contribution is 7.07. The van der Waals surface area contributed by atoms with Gasteiger partial charge in [0.25, 0.3) is 0 Å². The molecule has 0 fully saturated rings. The molecule has 0 radical (unpaired) electrons. The van der Waals surface area contributed by atoms with E-state index in [1.165, 1.54) is 11.1 Å². The Morgan fingerprint density at radius 1 is 1.53 bits per heavy atom. The van der Waals surface area contributed by atoms with Crippen LogP contribution in [0.1, 0.15) is 29.3 Å². The Kier molecular flexibility index (Phi) is 3.97. The van der Waals surface area contributed by atoms with E-state index in [4.69, 9.17) is 0 Å². The molecule has 0 aromatic carbocycles. The van der Waals surface area contributed by atoms with Gasteiger partial charge in [-0.1, -0.05) is 0 Å². The number of aryl methyl sites for hydroxylation is 3. The molecule has 2 aromatic heterocycles. The third-order valence-corrected chi connectivity index (χ3v) is 3.81. The van der Waals surface area contributed by atoms with Gasteiger partial charge < -0.3 is 5.32 Å². The highest BCUT2D eigenvalue weighted by atomic mass is 32.1. The van der Waals surface area contributed by atoms with Gasteiger partial charge in [-0.05, 0) is 49.2 Å². The van der Waals surface area contributed by atoms with E-state index in [0.717, 1.165) is 18.5 Å². The Hall–Kier alpha value is -1.13. The van der Waals surface area contributed by atoms with E-state index in [1.54, 1.807) is 11.3 Å². The Balaban J connectivity index is 2.04. The lowest BCUT2D eigenvalue weighted by molar-refractivity contribution is 0.547. The Bertz CT molecular complexity index is 459. The van der Waals surface area contributed by atoms with Crippen LogP contribution in [0, 0.1) is 6.92 Å². The molecule has 1 N–H and O–H groups in total. The largest absolute Gasteiger partial charge is 0.313 e. The summed E-state index contributed by atoms with van der Waals surface area (Å²) in [7, 11) is 3.99. The van der Waals surface area contributed by atoms with E-state index in [-0.39, 0.29) is 0 Å². The van der Waals surface area contributed by atoms with Crippen molar-refractivity contribution in [3.8, 4) is 0 Å². The molecule has 0 aliphatic rings. The first-order valence-electron chi connectivity index (χ1n) is 5.89. The molecule has 1 atom stereocenters. The maximum atomic E-state index is 4.40. The van der Waals surface area contributed by atoms with E-state index >= 15 is 0 Å². The first-order chi connectivity index (χ1) is 8.20. The summed E-state index contributed by atoms with van der Waals surface area (Å²) in [6, 6.07) is 2.59. The fraction of sp³-hybridized carbons (Fsp3) is 0.462. The van der Waals surface area contributed by atoms with E-state index in [1.807, 2.05) is 18.8 Å². The van der Waals surface area contributed by atoms with Gasteiger partial charge in [0.2, 0.25) is 0 Å². The van der Waals surface area contributed by atoms with Crippen molar-refractivity contribution in [3.05, 3.63) is 39.8 Å². The molecule has 0 aliphatic heterocycles. The zero-order valence-electron chi connectivity index (χ0n) is 10.6. The van der Waals surface area contributed by atoms with Crippen LogP contribution in [-0.4, -0.2) is 16.8 Å². The molecule has 2 rings (SSSR count). The summed E-state index contributed by atoms with van der Waals surface area (Å²) in [5.41, 5.74) is 3.86. The quantitative estimate of drug-likeness (QED) is 0.883. The van der Waals surface area contributed by atoms with Gasteiger partial charge in [0.15, 0.2) is 0 Å². The van der Waals surface area contributed by atoms with Crippen LogP contribution in [-0.2, 0) is 13.5 Å². The fourth-order valence-corrected chi connectivity index (χ4v) is 2.86. The third kappa shape index (κ3) is 2.96. The van der Waals surface area contributed by atoms with E-state index in [9.17, 15) is 0 Å². The number of hydrogen-bond donors (Lipinski definition) is 1. The predicted molar refractivity (Wildman–Crippen MR) is 72.4 cm³/mol. The van der Waals surface area contributed by atoms with Crippen LogP contribution >= 0.6 is 11.3 Å².